The Hall–Kier alpha value is -2.62. The number of hydrogen-bond donors (Lipinski definition) is 0. The van der Waals surface area contributed by atoms with Crippen LogP contribution in [0.1, 0.15) is 32.0 Å². The van der Waals surface area contributed by atoms with Crippen LogP contribution in [0.25, 0.3) is 16.6 Å². The van der Waals surface area contributed by atoms with Crippen molar-refractivity contribution in [3.63, 3.8) is 0 Å². The fourth-order valence-electron chi connectivity index (χ4n) is 3.55. The third-order valence-corrected chi connectivity index (χ3v) is 10.3. The number of fused-ring (bicyclic) bond motifs is 1. The fraction of sp³-hybridized carbons (Fsp3) is 0.364. The summed E-state index contributed by atoms with van der Waals surface area (Å²) in [5, 5.41) is 14.9. The van der Waals surface area contributed by atoms with E-state index in [0.717, 1.165) is 46.2 Å². The lowest BCUT2D eigenvalue weighted by Crippen LogP contribution is -2.35. The quantitative estimate of drug-likeness (QED) is 0.479. The molecule has 0 atom stereocenters. The van der Waals surface area contributed by atoms with Crippen molar-refractivity contribution in [3.8, 4) is 17.5 Å². The van der Waals surface area contributed by atoms with Gasteiger partial charge in [-0.25, -0.2) is 4.68 Å². The second-order valence-corrected chi connectivity index (χ2v) is 11.7. The van der Waals surface area contributed by atoms with Crippen molar-refractivity contribution in [3.05, 3.63) is 53.7 Å². The number of nitriles is 1. The van der Waals surface area contributed by atoms with Gasteiger partial charge in [-0.15, -0.1) is 0 Å². The van der Waals surface area contributed by atoms with Gasteiger partial charge in [0.05, 0.1) is 42.2 Å². The summed E-state index contributed by atoms with van der Waals surface area (Å²) in [6.45, 7) is 7.22. The Morgan fingerprint density at radius 3 is 2.29 bits per heavy atom. The molecule has 2 aromatic carbocycles. The largest absolute Gasteiger partial charge is 0.497 e. The van der Waals surface area contributed by atoms with Crippen LogP contribution >= 0.6 is 0 Å². The summed E-state index contributed by atoms with van der Waals surface area (Å²) in [6.07, 6.45) is 0. The van der Waals surface area contributed by atoms with Gasteiger partial charge in [-0.3, -0.25) is 0 Å². The molecule has 1 aromatic heterocycles. The van der Waals surface area contributed by atoms with Gasteiger partial charge in [-0.2, -0.15) is 10.4 Å². The monoisotopic (exact) mass is 393 g/mol. The molecular formula is C22H27N3O2Si. The van der Waals surface area contributed by atoms with E-state index in [2.05, 4.69) is 26.8 Å². The van der Waals surface area contributed by atoms with Crippen molar-refractivity contribution in [1.82, 2.24) is 9.78 Å². The van der Waals surface area contributed by atoms with Crippen molar-refractivity contribution in [2.75, 3.05) is 7.11 Å². The minimum absolute atomic E-state index is 0.519. The highest BCUT2D eigenvalue weighted by molar-refractivity contribution is 6.73. The molecule has 146 valence electrons. The number of methoxy groups -OCH3 is 1. The lowest BCUT2D eigenvalue weighted by atomic mass is 10.2. The SMILES string of the molecule is CC[Si](CC)(CC)OCc1c2cc(OC)ccc2nn1-c1ccc(C#N)cc1. The molecule has 0 aliphatic heterocycles. The van der Waals surface area contributed by atoms with E-state index >= 15 is 0 Å². The molecule has 0 saturated carbocycles. The summed E-state index contributed by atoms with van der Waals surface area (Å²) in [4.78, 5) is 0. The Morgan fingerprint density at radius 1 is 1.04 bits per heavy atom. The van der Waals surface area contributed by atoms with Crippen molar-refractivity contribution in [1.29, 1.82) is 5.26 Å². The van der Waals surface area contributed by atoms with Crippen LogP contribution in [0, 0.1) is 11.3 Å². The first-order valence-corrected chi connectivity index (χ1v) is 12.3. The first-order valence-electron chi connectivity index (χ1n) is 9.79. The number of hydrogen-bond acceptors (Lipinski definition) is 4. The third kappa shape index (κ3) is 3.82. The van der Waals surface area contributed by atoms with Gasteiger partial charge in [-0.05, 0) is 60.6 Å². The van der Waals surface area contributed by atoms with E-state index in [-0.39, 0.29) is 0 Å². The summed E-state index contributed by atoms with van der Waals surface area (Å²) < 4.78 is 14.0. The van der Waals surface area contributed by atoms with Gasteiger partial charge in [0.15, 0.2) is 8.32 Å². The average Bonchev–Trinajstić information content (AvgIpc) is 3.13. The smallest absolute Gasteiger partial charge is 0.192 e. The van der Waals surface area contributed by atoms with E-state index in [4.69, 9.17) is 19.5 Å². The van der Waals surface area contributed by atoms with Crippen LogP contribution in [0.3, 0.4) is 0 Å². The molecule has 0 aliphatic rings. The zero-order chi connectivity index (χ0) is 20.1. The van der Waals surface area contributed by atoms with E-state index in [1.54, 1.807) is 7.11 Å². The van der Waals surface area contributed by atoms with Crippen LogP contribution in [-0.2, 0) is 11.0 Å². The summed E-state index contributed by atoms with van der Waals surface area (Å²) in [6, 6.07) is 18.9. The third-order valence-electron chi connectivity index (χ3n) is 5.67. The maximum absolute atomic E-state index is 9.08. The molecular weight excluding hydrogens is 366 g/mol. The molecule has 0 amide bonds. The number of benzene rings is 2. The molecule has 0 N–H and O–H groups in total. The number of nitrogens with zero attached hydrogens (tertiary/aromatic N) is 3. The Kier molecular flexibility index (Phi) is 6.17. The molecule has 1 heterocycles. The average molecular weight is 394 g/mol. The predicted molar refractivity (Wildman–Crippen MR) is 114 cm³/mol. The van der Waals surface area contributed by atoms with Gasteiger partial charge >= 0.3 is 0 Å². The molecule has 28 heavy (non-hydrogen) atoms. The molecule has 0 saturated heterocycles. The van der Waals surface area contributed by atoms with Crippen LogP contribution in [-0.4, -0.2) is 25.2 Å². The van der Waals surface area contributed by atoms with Gasteiger partial charge < -0.3 is 9.16 Å². The number of rotatable bonds is 8. The molecule has 0 spiro atoms. The molecule has 0 unspecified atom stereocenters. The zero-order valence-corrected chi connectivity index (χ0v) is 18.0. The Morgan fingerprint density at radius 2 is 1.71 bits per heavy atom. The summed E-state index contributed by atoms with van der Waals surface area (Å²) in [5.74, 6) is 0.804. The number of aromatic nitrogens is 2. The standard InChI is InChI=1S/C22H27N3O2Si/c1-5-28(6-2,7-3)27-16-22-20-14-19(26-4)12-13-21(20)24-25(22)18-10-8-17(15-23)9-11-18/h8-14H,5-7,16H2,1-4H3. The van der Waals surface area contributed by atoms with Crippen LogP contribution in [0.4, 0.5) is 0 Å². The van der Waals surface area contributed by atoms with E-state index in [9.17, 15) is 0 Å². The van der Waals surface area contributed by atoms with Gasteiger partial charge in [0.2, 0.25) is 0 Å². The Labute approximate surface area is 167 Å². The maximum Gasteiger partial charge on any atom is 0.192 e. The van der Waals surface area contributed by atoms with Crippen LogP contribution < -0.4 is 4.74 Å². The first kappa shape index (κ1) is 20.1. The second kappa shape index (κ2) is 8.59. The number of ether oxygens (including phenoxy) is 1. The van der Waals surface area contributed by atoms with Crippen molar-refractivity contribution < 1.29 is 9.16 Å². The van der Waals surface area contributed by atoms with Crippen molar-refractivity contribution in [2.24, 2.45) is 0 Å². The highest BCUT2D eigenvalue weighted by Crippen LogP contribution is 2.29. The normalized spacial score (nSPS) is 11.5. The molecule has 3 aromatic rings. The zero-order valence-electron chi connectivity index (χ0n) is 17.0. The second-order valence-electron chi connectivity index (χ2n) is 6.93. The van der Waals surface area contributed by atoms with Crippen LogP contribution in [0.5, 0.6) is 5.75 Å². The van der Waals surface area contributed by atoms with E-state index < -0.39 is 8.32 Å². The van der Waals surface area contributed by atoms with Gasteiger partial charge in [0.25, 0.3) is 0 Å². The van der Waals surface area contributed by atoms with E-state index in [1.165, 1.54) is 0 Å². The minimum atomic E-state index is -1.74. The summed E-state index contributed by atoms with van der Waals surface area (Å²) in [5.41, 5.74) is 3.48. The Bertz CT molecular complexity index is 977. The minimum Gasteiger partial charge on any atom is -0.497 e. The van der Waals surface area contributed by atoms with Crippen molar-refractivity contribution >= 4 is 19.2 Å². The topological polar surface area (TPSA) is 60.1 Å². The molecule has 0 aliphatic carbocycles. The van der Waals surface area contributed by atoms with Crippen LogP contribution in [0.15, 0.2) is 42.5 Å². The molecule has 0 fully saturated rings. The highest BCUT2D eigenvalue weighted by atomic mass is 28.4. The lowest BCUT2D eigenvalue weighted by molar-refractivity contribution is 0.280. The Balaban J connectivity index is 2.09. The highest BCUT2D eigenvalue weighted by Gasteiger charge is 2.29. The molecule has 0 radical (unpaired) electrons. The van der Waals surface area contributed by atoms with E-state index in [0.29, 0.717) is 12.2 Å². The van der Waals surface area contributed by atoms with Gasteiger partial charge in [0, 0.05) is 5.39 Å². The fourth-order valence-corrected chi connectivity index (χ4v) is 6.11. The van der Waals surface area contributed by atoms with Gasteiger partial charge in [-0.1, -0.05) is 20.8 Å². The first-order chi connectivity index (χ1) is 13.6. The molecule has 0 bridgehead atoms. The van der Waals surface area contributed by atoms with E-state index in [1.807, 2.05) is 47.1 Å². The molecule has 5 nitrogen and oxygen atoms in total. The lowest BCUT2D eigenvalue weighted by Gasteiger charge is -2.28. The van der Waals surface area contributed by atoms with Crippen molar-refractivity contribution in [2.45, 2.75) is 45.5 Å². The summed E-state index contributed by atoms with van der Waals surface area (Å²) >= 11 is 0. The van der Waals surface area contributed by atoms with Crippen LogP contribution in [0.2, 0.25) is 18.1 Å². The molecule has 6 heteroatoms. The predicted octanol–water partition coefficient (Wildman–Crippen LogP) is 5.43. The van der Waals surface area contributed by atoms with Gasteiger partial charge in [0.1, 0.15) is 5.75 Å². The summed E-state index contributed by atoms with van der Waals surface area (Å²) in [7, 11) is -0.0646. The maximum atomic E-state index is 9.08. The molecule has 3 rings (SSSR count).